The molecule has 1 saturated carbocycles. The molecule has 0 bridgehead atoms. The molecule has 1 aliphatic rings. The number of hydrogen-bond acceptors (Lipinski definition) is 4. The highest BCUT2D eigenvalue weighted by Crippen LogP contribution is 2.24. The van der Waals surface area contributed by atoms with E-state index in [-0.39, 0.29) is 18.0 Å². The molecule has 0 aromatic rings. The van der Waals surface area contributed by atoms with Crippen molar-refractivity contribution in [1.29, 1.82) is 0 Å². The normalized spacial score (nSPS) is 17.0. The maximum atomic E-state index is 12.1. The SMILES string of the molecule is CCOC(CN(C)/C=C/C(=O)C1CCCCC1)OCC. The van der Waals surface area contributed by atoms with Gasteiger partial charge in [0.25, 0.3) is 0 Å². The summed E-state index contributed by atoms with van der Waals surface area (Å²) >= 11 is 0. The zero-order valence-corrected chi connectivity index (χ0v) is 13.1. The Morgan fingerprint density at radius 2 is 1.80 bits per heavy atom. The minimum absolute atomic E-state index is 0.232. The van der Waals surface area contributed by atoms with Crippen LogP contribution in [0.15, 0.2) is 12.3 Å². The number of carbonyl (C=O) groups is 1. The van der Waals surface area contributed by atoms with E-state index in [1.807, 2.05) is 32.0 Å². The first-order chi connectivity index (χ1) is 9.67. The molecule has 0 aliphatic heterocycles. The molecule has 0 aromatic carbocycles. The Hall–Kier alpha value is -0.870. The van der Waals surface area contributed by atoms with E-state index in [1.54, 1.807) is 6.08 Å². The fraction of sp³-hybridized carbons (Fsp3) is 0.812. The largest absolute Gasteiger partial charge is 0.375 e. The number of carbonyl (C=O) groups excluding carboxylic acids is 1. The molecule has 0 saturated heterocycles. The summed E-state index contributed by atoms with van der Waals surface area (Å²) in [5.41, 5.74) is 0. The third-order valence-corrected chi connectivity index (χ3v) is 3.64. The van der Waals surface area contributed by atoms with Crippen LogP contribution in [0.25, 0.3) is 0 Å². The first-order valence-corrected chi connectivity index (χ1v) is 7.82. The third-order valence-electron chi connectivity index (χ3n) is 3.64. The van der Waals surface area contributed by atoms with Crippen LogP contribution in [-0.2, 0) is 14.3 Å². The molecule has 0 amide bonds. The van der Waals surface area contributed by atoms with Gasteiger partial charge in [-0.2, -0.15) is 0 Å². The van der Waals surface area contributed by atoms with Crippen molar-refractivity contribution in [2.45, 2.75) is 52.2 Å². The number of ketones is 1. The van der Waals surface area contributed by atoms with Crippen molar-refractivity contribution in [3.05, 3.63) is 12.3 Å². The Morgan fingerprint density at radius 3 is 2.35 bits per heavy atom. The van der Waals surface area contributed by atoms with E-state index in [0.717, 1.165) is 12.8 Å². The molecule has 0 unspecified atom stereocenters. The fourth-order valence-corrected chi connectivity index (χ4v) is 2.55. The van der Waals surface area contributed by atoms with Crippen molar-refractivity contribution < 1.29 is 14.3 Å². The summed E-state index contributed by atoms with van der Waals surface area (Å²) in [5, 5.41) is 0. The Labute approximate surface area is 123 Å². The zero-order valence-electron chi connectivity index (χ0n) is 13.1. The number of hydrogen-bond donors (Lipinski definition) is 0. The van der Waals surface area contributed by atoms with Crippen molar-refractivity contribution in [2.75, 3.05) is 26.8 Å². The van der Waals surface area contributed by atoms with Gasteiger partial charge in [0.05, 0.1) is 6.54 Å². The zero-order chi connectivity index (χ0) is 14.8. The predicted molar refractivity (Wildman–Crippen MR) is 80.4 cm³/mol. The lowest BCUT2D eigenvalue weighted by atomic mass is 9.86. The summed E-state index contributed by atoms with van der Waals surface area (Å²) in [6, 6.07) is 0. The molecule has 0 heterocycles. The van der Waals surface area contributed by atoms with Gasteiger partial charge >= 0.3 is 0 Å². The Kier molecular flexibility index (Phi) is 8.54. The lowest BCUT2D eigenvalue weighted by Crippen LogP contribution is -2.30. The molecule has 20 heavy (non-hydrogen) atoms. The standard InChI is InChI=1S/C16H29NO3/c1-4-19-16(20-5-2)13-17(3)12-11-15(18)14-9-7-6-8-10-14/h11-12,14,16H,4-10,13H2,1-3H3/b12-11+. The highest BCUT2D eigenvalue weighted by atomic mass is 16.7. The van der Waals surface area contributed by atoms with Crippen molar-refractivity contribution in [3.63, 3.8) is 0 Å². The van der Waals surface area contributed by atoms with Crippen LogP contribution in [-0.4, -0.2) is 43.8 Å². The second-order valence-corrected chi connectivity index (χ2v) is 5.33. The van der Waals surface area contributed by atoms with Crippen LogP contribution in [0.4, 0.5) is 0 Å². The quantitative estimate of drug-likeness (QED) is 0.482. The van der Waals surface area contributed by atoms with Crippen LogP contribution in [0.2, 0.25) is 0 Å². The van der Waals surface area contributed by atoms with Crippen molar-refractivity contribution in [2.24, 2.45) is 5.92 Å². The summed E-state index contributed by atoms with van der Waals surface area (Å²) in [6.45, 7) is 5.80. The molecule has 116 valence electrons. The first-order valence-electron chi connectivity index (χ1n) is 7.82. The third kappa shape index (κ3) is 6.53. The van der Waals surface area contributed by atoms with Crippen molar-refractivity contribution in [3.8, 4) is 0 Å². The maximum absolute atomic E-state index is 12.1. The Bertz CT molecular complexity index is 292. The van der Waals surface area contributed by atoms with Gasteiger partial charge in [0.15, 0.2) is 12.1 Å². The van der Waals surface area contributed by atoms with E-state index in [9.17, 15) is 4.79 Å². The predicted octanol–water partition coefficient (Wildman–Crippen LogP) is 2.98. The number of nitrogens with zero attached hydrogens (tertiary/aromatic N) is 1. The molecule has 0 N–H and O–H groups in total. The van der Waals surface area contributed by atoms with Crippen LogP contribution < -0.4 is 0 Å². The minimum Gasteiger partial charge on any atom is -0.375 e. The average Bonchev–Trinajstić information content (AvgIpc) is 2.46. The molecule has 4 heteroatoms. The van der Waals surface area contributed by atoms with E-state index < -0.39 is 0 Å². The highest BCUT2D eigenvalue weighted by molar-refractivity contribution is 5.91. The lowest BCUT2D eigenvalue weighted by Gasteiger charge is -2.23. The maximum Gasteiger partial charge on any atom is 0.174 e. The molecule has 0 atom stereocenters. The molecular weight excluding hydrogens is 254 g/mol. The highest BCUT2D eigenvalue weighted by Gasteiger charge is 2.19. The second kappa shape index (κ2) is 9.94. The van der Waals surface area contributed by atoms with Gasteiger partial charge in [-0.1, -0.05) is 19.3 Å². The molecule has 0 aromatic heterocycles. The molecule has 4 nitrogen and oxygen atoms in total. The van der Waals surface area contributed by atoms with Crippen LogP contribution in [0.5, 0.6) is 0 Å². The van der Waals surface area contributed by atoms with Gasteiger partial charge in [0.1, 0.15) is 0 Å². The van der Waals surface area contributed by atoms with Gasteiger partial charge in [0.2, 0.25) is 0 Å². The van der Waals surface area contributed by atoms with E-state index >= 15 is 0 Å². The van der Waals surface area contributed by atoms with Gasteiger partial charge < -0.3 is 14.4 Å². The van der Waals surface area contributed by atoms with E-state index in [4.69, 9.17) is 9.47 Å². The van der Waals surface area contributed by atoms with Crippen molar-refractivity contribution in [1.82, 2.24) is 4.90 Å². The first kappa shape index (κ1) is 17.2. The summed E-state index contributed by atoms with van der Waals surface area (Å²) in [7, 11) is 1.94. The topological polar surface area (TPSA) is 38.8 Å². The molecule has 0 radical (unpaired) electrons. The molecular formula is C16H29NO3. The average molecular weight is 283 g/mol. The number of allylic oxidation sites excluding steroid dienone is 1. The smallest absolute Gasteiger partial charge is 0.174 e. The molecule has 0 spiro atoms. The fourth-order valence-electron chi connectivity index (χ4n) is 2.55. The summed E-state index contributed by atoms with van der Waals surface area (Å²) < 4.78 is 11.0. The van der Waals surface area contributed by atoms with Crippen LogP contribution >= 0.6 is 0 Å². The van der Waals surface area contributed by atoms with Crippen LogP contribution in [0.1, 0.15) is 46.0 Å². The van der Waals surface area contributed by atoms with Crippen LogP contribution in [0, 0.1) is 5.92 Å². The number of ether oxygens (including phenoxy) is 2. The van der Waals surface area contributed by atoms with Gasteiger partial charge in [-0.15, -0.1) is 0 Å². The number of rotatable bonds is 9. The summed E-state index contributed by atoms with van der Waals surface area (Å²) in [6.07, 6.45) is 9.09. The van der Waals surface area contributed by atoms with Crippen LogP contribution in [0.3, 0.4) is 0 Å². The molecule has 1 rings (SSSR count). The second-order valence-electron chi connectivity index (χ2n) is 5.33. The van der Waals surface area contributed by atoms with E-state index in [0.29, 0.717) is 19.8 Å². The summed E-state index contributed by atoms with van der Waals surface area (Å²) in [4.78, 5) is 14.0. The van der Waals surface area contributed by atoms with Gasteiger partial charge in [-0.25, -0.2) is 0 Å². The van der Waals surface area contributed by atoms with E-state index in [2.05, 4.69) is 0 Å². The lowest BCUT2D eigenvalue weighted by molar-refractivity contribution is -0.141. The Balaban J connectivity index is 2.36. The van der Waals surface area contributed by atoms with Crippen molar-refractivity contribution >= 4 is 5.78 Å². The Morgan fingerprint density at radius 1 is 1.20 bits per heavy atom. The monoisotopic (exact) mass is 283 g/mol. The van der Waals surface area contributed by atoms with Gasteiger partial charge in [-0.05, 0) is 32.8 Å². The molecule has 1 fully saturated rings. The van der Waals surface area contributed by atoms with E-state index in [1.165, 1.54) is 19.3 Å². The van der Waals surface area contributed by atoms with Gasteiger partial charge in [-0.3, -0.25) is 4.79 Å². The minimum atomic E-state index is -0.232. The number of likely N-dealkylation sites (N-methyl/N-ethyl adjacent to an activating group) is 1. The van der Waals surface area contributed by atoms with Gasteiger partial charge in [0, 0.05) is 32.4 Å². The summed E-state index contributed by atoms with van der Waals surface area (Å²) in [5.74, 6) is 0.504. The molecule has 1 aliphatic carbocycles.